The Morgan fingerprint density at radius 1 is 1.41 bits per heavy atom. The lowest BCUT2D eigenvalue weighted by atomic mass is 9.92. The van der Waals surface area contributed by atoms with Gasteiger partial charge in [0.2, 0.25) is 5.91 Å². The SMILES string of the molecule is Cc1ccccc1C(NC(=O)CC1COCCN1)C(C)C.Cl. The van der Waals surface area contributed by atoms with E-state index >= 15 is 0 Å². The van der Waals surface area contributed by atoms with Gasteiger partial charge >= 0.3 is 0 Å². The molecule has 0 saturated carbocycles. The van der Waals surface area contributed by atoms with E-state index in [1.807, 2.05) is 12.1 Å². The van der Waals surface area contributed by atoms with Crippen molar-refractivity contribution in [2.75, 3.05) is 19.8 Å². The Hall–Kier alpha value is -1.10. The summed E-state index contributed by atoms with van der Waals surface area (Å²) in [5.41, 5.74) is 2.42. The Bertz CT molecular complexity index is 473. The number of nitrogens with one attached hydrogen (secondary N) is 2. The van der Waals surface area contributed by atoms with Crippen molar-refractivity contribution < 1.29 is 9.53 Å². The van der Waals surface area contributed by atoms with Crippen molar-refractivity contribution in [1.29, 1.82) is 0 Å². The predicted molar refractivity (Wildman–Crippen MR) is 91.4 cm³/mol. The van der Waals surface area contributed by atoms with E-state index in [9.17, 15) is 4.79 Å². The van der Waals surface area contributed by atoms with Crippen molar-refractivity contribution in [3.8, 4) is 0 Å². The summed E-state index contributed by atoms with van der Waals surface area (Å²) in [7, 11) is 0. The first kappa shape index (κ1) is 18.9. The molecule has 1 saturated heterocycles. The zero-order valence-electron chi connectivity index (χ0n) is 13.6. The second kappa shape index (κ2) is 9.13. The minimum atomic E-state index is 0. The van der Waals surface area contributed by atoms with Crippen molar-refractivity contribution in [2.24, 2.45) is 5.92 Å². The number of carbonyl (C=O) groups is 1. The topological polar surface area (TPSA) is 50.4 Å². The van der Waals surface area contributed by atoms with Gasteiger partial charge in [0.1, 0.15) is 0 Å². The van der Waals surface area contributed by atoms with Gasteiger partial charge in [-0.3, -0.25) is 4.79 Å². The van der Waals surface area contributed by atoms with Crippen LogP contribution in [0.1, 0.15) is 37.4 Å². The second-order valence-corrected chi connectivity index (χ2v) is 6.08. The smallest absolute Gasteiger partial charge is 0.222 e. The van der Waals surface area contributed by atoms with Crippen LogP contribution in [0.15, 0.2) is 24.3 Å². The molecule has 0 radical (unpaired) electrons. The largest absolute Gasteiger partial charge is 0.378 e. The number of ether oxygens (including phenoxy) is 1. The average molecular weight is 327 g/mol. The van der Waals surface area contributed by atoms with Crippen LogP contribution in [0.3, 0.4) is 0 Å². The minimum Gasteiger partial charge on any atom is -0.378 e. The van der Waals surface area contributed by atoms with E-state index in [1.165, 1.54) is 11.1 Å². The van der Waals surface area contributed by atoms with Gasteiger partial charge in [-0.25, -0.2) is 0 Å². The van der Waals surface area contributed by atoms with E-state index < -0.39 is 0 Å². The van der Waals surface area contributed by atoms with E-state index in [1.54, 1.807) is 0 Å². The maximum absolute atomic E-state index is 12.3. The summed E-state index contributed by atoms with van der Waals surface area (Å²) in [4.78, 5) is 12.3. The van der Waals surface area contributed by atoms with Gasteiger partial charge < -0.3 is 15.4 Å². The van der Waals surface area contributed by atoms with Gasteiger partial charge in [-0.15, -0.1) is 12.4 Å². The molecule has 0 spiro atoms. The molecule has 1 amide bonds. The van der Waals surface area contributed by atoms with Gasteiger partial charge in [0.15, 0.2) is 0 Å². The number of carbonyl (C=O) groups excluding carboxylic acids is 1. The number of rotatable bonds is 5. The van der Waals surface area contributed by atoms with E-state index in [-0.39, 0.29) is 30.4 Å². The molecule has 0 aliphatic carbocycles. The van der Waals surface area contributed by atoms with Crippen molar-refractivity contribution in [2.45, 2.75) is 39.3 Å². The van der Waals surface area contributed by atoms with Gasteiger partial charge in [0.25, 0.3) is 0 Å². The molecule has 2 N–H and O–H groups in total. The van der Waals surface area contributed by atoms with E-state index in [0.717, 1.165) is 13.2 Å². The summed E-state index contributed by atoms with van der Waals surface area (Å²) < 4.78 is 5.40. The summed E-state index contributed by atoms with van der Waals surface area (Å²) >= 11 is 0. The van der Waals surface area contributed by atoms with Crippen LogP contribution in [0.5, 0.6) is 0 Å². The monoisotopic (exact) mass is 326 g/mol. The summed E-state index contributed by atoms with van der Waals surface area (Å²) in [6, 6.07) is 8.43. The molecule has 4 nitrogen and oxygen atoms in total. The highest BCUT2D eigenvalue weighted by Crippen LogP contribution is 2.24. The Morgan fingerprint density at radius 3 is 2.73 bits per heavy atom. The fraction of sp³-hybridized carbons (Fsp3) is 0.588. The molecular formula is C17H27ClN2O2. The van der Waals surface area contributed by atoms with Gasteiger partial charge in [0, 0.05) is 19.0 Å². The third kappa shape index (κ3) is 5.27. The van der Waals surface area contributed by atoms with E-state index in [0.29, 0.717) is 18.9 Å². The lowest BCUT2D eigenvalue weighted by Crippen LogP contribution is -2.45. The number of aryl methyl sites for hydroxylation is 1. The molecule has 1 aliphatic rings. The Kier molecular flexibility index (Phi) is 7.87. The maximum Gasteiger partial charge on any atom is 0.222 e. The highest BCUT2D eigenvalue weighted by molar-refractivity contribution is 5.85. The third-order valence-electron chi connectivity index (χ3n) is 3.94. The molecule has 1 heterocycles. The molecule has 2 unspecified atom stereocenters. The minimum absolute atomic E-state index is 0. The number of hydrogen-bond donors (Lipinski definition) is 2. The zero-order chi connectivity index (χ0) is 15.2. The van der Waals surface area contributed by atoms with Crippen LogP contribution in [0.4, 0.5) is 0 Å². The van der Waals surface area contributed by atoms with Crippen LogP contribution in [0, 0.1) is 12.8 Å². The van der Waals surface area contributed by atoms with Crippen molar-refractivity contribution in [3.05, 3.63) is 35.4 Å². The number of amides is 1. The average Bonchev–Trinajstić information content (AvgIpc) is 2.46. The number of halogens is 1. The van der Waals surface area contributed by atoms with Crippen molar-refractivity contribution in [1.82, 2.24) is 10.6 Å². The Morgan fingerprint density at radius 2 is 2.14 bits per heavy atom. The fourth-order valence-corrected chi connectivity index (χ4v) is 2.75. The predicted octanol–water partition coefficient (Wildman–Crippen LogP) is 2.61. The van der Waals surface area contributed by atoms with Crippen molar-refractivity contribution in [3.63, 3.8) is 0 Å². The first-order chi connectivity index (χ1) is 10.1. The van der Waals surface area contributed by atoms with Crippen LogP contribution in [0.2, 0.25) is 0 Å². The lowest BCUT2D eigenvalue weighted by molar-refractivity contribution is -0.123. The fourth-order valence-electron chi connectivity index (χ4n) is 2.75. The summed E-state index contributed by atoms with van der Waals surface area (Å²) in [6.07, 6.45) is 0.467. The van der Waals surface area contributed by atoms with E-state index in [2.05, 4.69) is 43.5 Å². The number of morpholine rings is 1. The van der Waals surface area contributed by atoms with E-state index in [4.69, 9.17) is 4.74 Å². The standard InChI is InChI=1S/C17H26N2O2.ClH/c1-12(2)17(15-7-5-4-6-13(15)3)19-16(20)10-14-11-21-9-8-18-14;/h4-7,12,14,17-18H,8-11H2,1-3H3,(H,19,20);1H. The maximum atomic E-state index is 12.3. The number of hydrogen-bond acceptors (Lipinski definition) is 3. The van der Waals surface area contributed by atoms with Crippen LogP contribution in [-0.4, -0.2) is 31.7 Å². The van der Waals surface area contributed by atoms with Gasteiger partial charge in [-0.05, 0) is 24.0 Å². The van der Waals surface area contributed by atoms with Crippen molar-refractivity contribution >= 4 is 18.3 Å². The Balaban J connectivity index is 0.00000242. The summed E-state index contributed by atoms with van der Waals surface area (Å²) in [5, 5.41) is 6.50. The molecule has 124 valence electrons. The van der Waals surface area contributed by atoms with Gasteiger partial charge in [-0.2, -0.15) is 0 Å². The highest BCUT2D eigenvalue weighted by Gasteiger charge is 2.22. The summed E-state index contributed by atoms with van der Waals surface area (Å²) in [5.74, 6) is 0.436. The second-order valence-electron chi connectivity index (χ2n) is 6.08. The molecule has 1 aliphatic heterocycles. The molecule has 1 aromatic rings. The molecular weight excluding hydrogens is 300 g/mol. The van der Waals surface area contributed by atoms with Crippen LogP contribution in [-0.2, 0) is 9.53 Å². The molecule has 0 bridgehead atoms. The quantitative estimate of drug-likeness (QED) is 0.874. The first-order valence-electron chi connectivity index (χ1n) is 7.74. The van der Waals surface area contributed by atoms with Crippen LogP contribution in [0.25, 0.3) is 0 Å². The molecule has 22 heavy (non-hydrogen) atoms. The normalized spacial score (nSPS) is 19.4. The Labute approximate surface area is 139 Å². The van der Waals surface area contributed by atoms with Crippen LogP contribution >= 0.6 is 12.4 Å². The molecule has 1 aromatic carbocycles. The third-order valence-corrected chi connectivity index (χ3v) is 3.94. The lowest BCUT2D eigenvalue weighted by Gasteiger charge is -2.27. The molecule has 2 atom stereocenters. The summed E-state index contributed by atoms with van der Waals surface area (Å²) in [6.45, 7) is 8.54. The van der Waals surface area contributed by atoms with Gasteiger partial charge in [-0.1, -0.05) is 38.1 Å². The molecule has 0 aromatic heterocycles. The number of benzene rings is 1. The first-order valence-corrected chi connectivity index (χ1v) is 7.74. The zero-order valence-corrected chi connectivity index (χ0v) is 14.4. The van der Waals surface area contributed by atoms with Crippen LogP contribution < -0.4 is 10.6 Å². The van der Waals surface area contributed by atoms with Gasteiger partial charge in [0.05, 0.1) is 19.3 Å². The highest BCUT2D eigenvalue weighted by atomic mass is 35.5. The molecule has 1 fully saturated rings. The molecule has 2 rings (SSSR count). The molecule has 5 heteroatoms.